The number of hydrogen-bond acceptors (Lipinski definition) is 7. The second kappa shape index (κ2) is 8.59. The molecule has 0 spiro atoms. The Morgan fingerprint density at radius 3 is 2.52 bits per heavy atom. The van der Waals surface area contributed by atoms with Crippen molar-refractivity contribution in [3.8, 4) is 11.5 Å². The van der Waals surface area contributed by atoms with E-state index >= 15 is 0 Å². The van der Waals surface area contributed by atoms with Gasteiger partial charge in [0.15, 0.2) is 6.10 Å². The standard InChI is InChI=1S/C20H22N4O5/c1-5-27-14-6-8-15(9-7-14)28-13(4)18(25)22-23-19(26)16-10-11(2)21-20-17(16)12(3)24-29-20/h6-10,13H,5H2,1-4H3,(H,22,25)(H,23,26). The smallest absolute Gasteiger partial charge is 0.279 e. The van der Waals surface area contributed by atoms with Crippen LogP contribution < -0.4 is 20.3 Å². The van der Waals surface area contributed by atoms with Crippen molar-refractivity contribution in [2.75, 3.05) is 6.61 Å². The number of benzene rings is 1. The highest BCUT2D eigenvalue weighted by Crippen LogP contribution is 2.22. The molecule has 9 nitrogen and oxygen atoms in total. The van der Waals surface area contributed by atoms with E-state index in [2.05, 4.69) is 21.0 Å². The SMILES string of the molecule is CCOc1ccc(OC(C)C(=O)NNC(=O)c2cc(C)nc3onc(C)c23)cc1. The maximum absolute atomic E-state index is 12.6. The molecule has 2 amide bonds. The number of hydrogen-bond donors (Lipinski definition) is 2. The van der Waals surface area contributed by atoms with Gasteiger partial charge < -0.3 is 14.0 Å². The second-order valence-electron chi connectivity index (χ2n) is 6.37. The van der Waals surface area contributed by atoms with Crippen LogP contribution in [-0.2, 0) is 4.79 Å². The first-order valence-electron chi connectivity index (χ1n) is 9.12. The zero-order valence-electron chi connectivity index (χ0n) is 16.6. The molecule has 152 valence electrons. The van der Waals surface area contributed by atoms with Crippen LogP contribution in [-0.4, -0.2) is 34.7 Å². The highest BCUT2D eigenvalue weighted by Gasteiger charge is 2.20. The van der Waals surface area contributed by atoms with Gasteiger partial charge in [-0.3, -0.25) is 20.4 Å². The Morgan fingerprint density at radius 1 is 1.14 bits per heavy atom. The Morgan fingerprint density at radius 2 is 1.83 bits per heavy atom. The number of nitrogens with one attached hydrogen (secondary N) is 2. The minimum absolute atomic E-state index is 0.270. The van der Waals surface area contributed by atoms with Gasteiger partial charge in [0, 0.05) is 5.69 Å². The van der Waals surface area contributed by atoms with Gasteiger partial charge >= 0.3 is 0 Å². The van der Waals surface area contributed by atoms with E-state index in [9.17, 15) is 9.59 Å². The van der Waals surface area contributed by atoms with Crippen LogP contribution in [0.2, 0.25) is 0 Å². The quantitative estimate of drug-likeness (QED) is 0.613. The van der Waals surface area contributed by atoms with Crippen LogP contribution in [0.25, 0.3) is 11.1 Å². The second-order valence-corrected chi connectivity index (χ2v) is 6.37. The molecule has 0 fully saturated rings. The Bertz CT molecular complexity index is 1030. The number of nitrogens with zero attached hydrogens (tertiary/aromatic N) is 2. The van der Waals surface area contributed by atoms with Crippen LogP contribution in [0.5, 0.6) is 11.5 Å². The zero-order chi connectivity index (χ0) is 21.0. The van der Waals surface area contributed by atoms with Crippen molar-refractivity contribution in [1.82, 2.24) is 21.0 Å². The molecule has 29 heavy (non-hydrogen) atoms. The Hall–Kier alpha value is -3.62. The Balaban J connectivity index is 1.61. The number of aryl methyl sites for hydroxylation is 2. The summed E-state index contributed by atoms with van der Waals surface area (Å²) >= 11 is 0. The Kier molecular flexibility index (Phi) is 5.96. The molecule has 9 heteroatoms. The number of rotatable bonds is 6. The number of aromatic nitrogens is 2. The van der Waals surface area contributed by atoms with E-state index in [-0.39, 0.29) is 5.71 Å². The van der Waals surface area contributed by atoms with Crippen molar-refractivity contribution in [3.63, 3.8) is 0 Å². The summed E-state index contributed by atoms with van der Waals surface area (Å²) in [4.78, 5) is 29.1. The summed E-state index contributed by atoms with van der Waals surface area (Å²) in [5.74, 6) is 0.214. The van der Waals surface area contributed by atoms with Crippen LogP contribution in [0.15, 0.2) is 34.9 Å². The molecular formula is C20H22N4O5. The number of ether oxygens (including phenoxy) is 2. The third kappa shape index (κ3) is 4.63. The van der Waals surface area contributed by atoms with Crippen LogP contribution >= 0.6 is 0 Å². The van der Waals surface area contributed by atoms with E-state index in [1.54, 1.807) is 51.1 Å². The summed E-state index contributed by atoms with van der Waals surface area (Å²) in [6, 6.07) is 8.53. The molecule has 2 aromatic heterocycles. The molecule has 0 aliphatic carbocycles. The monoisotopic (exact) mass is 398 g/mol. The van der Waals surface area contributed by atoms with Crippen LogP contribution in [0.1, 0.15) is 35.6 Å². The normalized spacial score (nSPS) is 11.7. The maximum atomic E-state index is 12.6. The third-order valence-corrected chi connectivity index (χ3v) is 4.11. The van der Waals surface area contributed by atoms with Crippen molar-refractivity contribution in [2.45, 2.75) is 33.8 Å². The zero-order valence-corrected chi connectivity index (χ0v) is 16.6. The number of carbonyl (C=O) groups excluding carboxylic acids is 2. The molecule has 2 N–H and O–H groups in total. The van der Waals surface area contributed by atoms with E-state index in [1.807, 2.05) is 6.92 Å². The van der Waals surface area contributed by atoms with Crippen molar-refractivity contribution in [3.05, 3.63) is 47.3 Å². The van der Waals surface area contributed by atoms with Crippen molar-refractivity contribution >= 4 is 22.9 Å². The van der Waals surface area contributed by atoms with Crippen LogP contribution in [0.4, 0.5) is 0 Å². The fraction of sp³-hybridized carbons (Fsp3) is 0.300. The molecule has 0 aliphatic heterocycles. The first-order chi connectivity index (χ1) is 13.9. The summed E-state index contributed by atoms with van der Waals surface area (Å²) in [6.45, 7) is 7.49. The first kappa shape index (κ1) is 20.1. The Labute approximate surface area is 167 Å². The lowest BCUT2D eigenvalue weighted by atomic mass is 10.1. The summed E-state index contributed by atoms with van der Waals surface area (Å²) in [7, 11) is 0. The van der Waals surface area contributed by atoms with Gasteiger partial charge in [0.05, 0.1) is 23.3 Å². The van der Waals surface area contributed by atoms with E-state index in [1.165, 1.54) is 0 Å². The summed E-state index contributed by atoms with van der Waals surface area (Å²) in [6.07, 6.45) is -0.829. The lowest BCUT2D eigenvalue weighted by Crippen LogP contribution is -2.47. The van der Waals surface area contributed by atoms with Crippen LogP contribution in [0, 0.1) is 13.8 Å². The molecule has 0 bridgehead atoms. The van der Waals surface area contributed by atoms with Gasteiger partial charge in [0.2, 0.25) is 0 Å². The number of hydrazine groups is 1. The minimum Gasteiger partial charge on any atom is -0.494 e. The molecule has 3 rings (SSSR count). The van der Waals surface area contributed by atoms with Gasteiger partial charge in [-0.25, -0.2) is 4.98 Å². The molecule has 0 radical (unpaired) electrons. The number of pyridine rings is 1. The molecule has 1 aromatic carbocycles. The van der Waals surface area contributed by atoms with Crippen LogP contribution in [0.3, 0.4) is 0 Å². The summed E-state index contributed by atoms with van der Waals surface area (Å²) in [5.41, 5.74) is 6.47. The van der Waals surface area contributed by atoms with Gasteiger partial charge in [0.1, 0.15) is 11.5 Å². The first-order valence-corrected chi connectivity index (χ1v) is 9.12. The topological polar surface area (TPSA) is 116 Å². The van der Waals surface area contributed by atoms with E-state index in [4.69, 9.17) is 14.0 Å². The molecule has 1 unspecified atom stereocenters. The molecule has 0 aliphatic rings. The van der Waals surface area contributed by atoms with Gasteiger partial charge in [-0.1, -0.05) is 5.16 Å². The maximum Gasteiger partial charge on any atom is 0.279 e. The van der Waals surface area contributed by atoms with Gasteiger partial charge in [-0.15, -0.1) is 0 Å². The van der Waals surface area contributed by atoms with E-state index < -0.39 is 17.9 Å². The van der Waals surface area contributed by atoms with Gasteiger partial charge in [0.25, 0.3) is 17.5 Å². The lowest BCUT2D eigenvalue weighted by molar-refractivity contribution is -0.128. The van der Waals surface area contributed by atoms with Crippen molar-refractivity contribution in [2.24, 2.45) is 0 Å². The molecule has 2 heterocycles. The molecule has 1 atom stereocenters. The highest BCUT2D eigenvalue weighted by atomic mass is 16.5. The number of carbonyl (C=O) groups is 2. The predicted molar refractivity (Wildman–Crippen MR) is 105 cm³/mol. The van der Waals surface area contributed by atoms with E-state index in [0.717, 1.165) is 0 Å². The summed E-state index contributed by atoms with van der Waals surface area (Å²) in [5, 5.41) is 4.34. The average Bonchev–Trinajstić information content (AvgIpc) is 3.07. The molecule has 3 aromatic rings. The van der Waals surface area contributed by atoms with Crippen molar-refractivity contribution in [1.29, 1.82) is 0 Å². The summed E-state index contributed by atoms with van der Waals surface area (Å²) < 4.78 is 16.1. The molecule has 0 saturated heterocycles. The fourth-order valence-corrected chi connectivity index (χ4v) is 2.72. The number of amides is 2. The minimum atomic E-state index is -0.829. The predicted octanol–water partition coefficient (Wildman–Crippen LogP) is 2.47. The lowest BCUT2D eigenvalue weighted by Gasteiger charge is -2.15. The van der Waals surface area contributed by atoms with Gasteiger partial charge in [-0.2, -0.15) is 0 Å². The fourth-order valence-electron chi connectivity index (χ4n) is 2.72. The van der Waals surface area contributed by atoms with Gasteiger partial charge in [-0.05, 0) is 58.0 Å². The third-order valence-electron chi connectivity index (χ3n) is 4.11. The van der Waals surface area contributed by atoms with Crippen molar-refractivity contribution < 1.29 is 23.6 Å². The largest absolute Gasteiger partial charge is 0.494 e. The molecule has 0 saturated carbocycles. The number of fused-ring (bicyclic) bond motifs is 1. The molecular weight excluding hydrogens is 376 g/mol. The van der Waals surface area contributed by atoms with E-state index in [0.29, 0.717) is 40.4 Å². The highest BCUT2D eigenvalue weighted by molar-refractivity contribution is 6.06. The average molecular weight is 398 g/mol.